The number of likely N-dealkylation sites (N-methyl/N-ethyl adjacent to an activating group) is 1. The van der Waals surface area contributed by atoms with Crippen molar-refractivity contribution in [3.05, 3.63) is 23.5 Å². The highest BCUT2D eigenvalue weighted by molar-refractivity contribution is 5.77. The number of anilines is 1. The van der Waals surface area contributed by atoms with E-state index in [1.54, 1.807) is 25.9 Å². The van der Waals surface area contributed by atoms with Gasteiger partial charge < -0.3 is 14.7 Å². The van der Waals surface area contributed by atoms with Crippen LogP contribution in [0.15, 0.2) is 12.1 Å². The first-order valence-corrected chi connectivity index (χ1v) is 9.78. The van der Waals surface area contributed by atoms with E-state index in [0.29, 0.717) is 6.54 Å². The van der Waals surface area contributed by atoms with Crippen LogP contribution in [0.1, 0.15) is 37.2 Å². The van der Waals surface area contributed by atoms with Crippen LogP contribution in [0.4, 0.5) is 5.69 Å². The van der Waals surface area contributed by atoms with E-state index >= 15 is 0 Å². The van der Waals surface area contributed by atoms with Crippen molar-refractivity contribution in [3.8, 4) is 0 Å². The molecule has 0 spiro atoms. The van der Waals surface area contributed by atoms with Crippen molar-refractivity contribution in [2.75, 3.05) is 58.3 Å². The average Bonchev–Trinajstić information content (AvgIpc) is 3.09. The van der Waals surface area contributed by atoms with E-state index in [1.807, 2.05) is 11.8 Å². The van der Waals surface area contributed by atoms with Gasteiger partial charge in [-0.2, -0.15) is 0 Å². The van der Waals surface area contributed by atoms with Gasteiger partial charge in [0.15, 0.2) is 0 Å². The Bertz CT molecular complexity index is 698. The largest absolute Gasteiger partial charge is 0.368 e. The average molecular weight is 374 g/mol. The van der Waals surface area contributed by atoms with Crippen molar-refractivity contribution in [2.45, 2.75) is 32.7 Å². The molecule has 1 aromatic rings. The number of amides is 2. The Morgan fingerprint density at radius 1 is 1.15 bits per heavy atom. The molecule has 0 radical (unpaired) electrons. The highest BCUT2D eigenvalue weighted by atomic mass is 16.2. The molecule has 3 rings (SSSR count). The van der Waals surface area contributed by atoms with Gasteiger partial charge in [-0.3, -0.25) is 19.5 Å². The highest BCUT2D eigenvalue weighted by Gasteiger charge is 2.30. The minimum atomic E-state index is 0.134. The first-order chi connectivity index (χ1) is 12.8. The molecule has 2 saturated heterocycles. The number of piperazine rings is 1. The Balaban J connectivity index is 1.75. The van der Waals surface area contributed by atoms with Crippen molar-refractivity contribution >= 4 is 17.5 Å². The first kappa shape index (κ1) is 19.6. The normalized spacial score (nSPS) is 20.8. The topological polar surface area (TPSA) is 60.0 Å². The second kappa shape index (κ2) is 8.25. The molecule has 3 heterocycles. The number of pyridine rings is 1. The summed E-state index contributed by atoms with van der Waals surface area (Å²) in [5.74, 6) is 0.281. The zero-order chi connectivity index (χ0) is 19.6. The summed E-state index contributed by atoms with van der Waals surface area (Å²) in [6.45, 7) is 8.26. The number of hydrogen-bond donors (Lipinski definition) is 0. The summed E-state index contributed by atoms with van der Waals surface area (Å²) >= 11 is 0. The minimum Gasteiger partial charge on any atom is -0.368 e. The van der Waals surface area contributed by atoms with Gasteiger partial charge in [0.05, 0.1) is 18.3 Å². The number of aromatic nitrogens is 1. The molecule has 0 N–H and O–H groups in total. The maximum atomic E-state index is 12.2. The van der Waals surface area contributed by atoms with E-state index < -0.39 is 0 Å². The summed E-state index contributed by atoms with van der Waals surface area (Å²) in [5, 5.41) is 0. The Kier molecular flexibility index (Phi) is 5.99. The maximum absolute atomic E-state index is 12.2. The van der Waals surface area contributed by atoms with Crippen molar-refractivity contribution in [1.29, 1.82) is 0 Å². The minimum absolute atomic E-state index is 0.134. The van der Waals surface area contributed by atoms with Crippen molar-refractivity contribution < 1.29 is 9.59 Å². The lowest BCUT2D eigenvalue weighted by atomic mass is 10.1. The van der Waals surface area contributed by atoms with Gasteiger partial charge in [0, 0.05) is 58.6 Å². The van der Waals surface area contributed by atoms with E-state index in [4.69, 9.17) is 4.98 Å². The lowest BCUT2D eigenvalue weighted by Crippen LogP contribution is -2.48. The fourth-order valence-electron chi connectivity index (χ4n) is 3.97. The van der Waals surface area contributed by atoms with E-state index in [0.717, 1.165) is 57.0 Å². The Hall–Kier alpha value is -2.15. The number of aryl methyl sites for hydroxylation is 1. The molecule has 2 aliphatic rings. The molecular formula is C20H31N5O2. The molecular weight excluding hydrogens is 342 g/mol. The molecule has 0 aliphatic carbocycles. The van der Waals surface area contributed by atoms with Crippen LogP contribution in [0.2, 0.25) is 0 Å². The Morgan fingerprint density at radius 2 is 1.85 bits per heavy atom. The molecule has 0 aromatic carbocycles. The SMILES string of the molecule is CC(=O)N1CCN(c2cc(C)nc([C@H]3CCCN3CC(=O)N(C)C)c2)CC1. The number of nitrogens with zero attached hydrogens (tertiary/aromatic N) is 5. The molecule has 7 nitrogen and oxygen atoms in total. The molecule has 148 valence electrons. The summed E-state index contributed by atoms with van der Waals surface area (Å²) in [7, 11) is 3.61. The van der Waals surface area contributed by atoms with Gasteiger partial charge in [-0.15, -0.1) is 0 Å². The molecule has 0 bridgehead atoms. The zero-order valence-electron chi connectivity index (χ0n) is 16.9. The van der Waals surface area contributed by atoms with E-state index in [1.165, 1.54) is 5.69 Å². The predicted octanol–water partition coefficient (Wildman–Crippen LogP) is 1.28. The van der Waals surface area contributed by atoms with Gasteiger partial charge >= 0.3 is 0 Å². The molecule has 2 amide bonds. The van der Waals surface area contributed by atoms with E-state index in [9.17, 15) is 9.59 Å². The van der Waals surface area contributed by atoms with Gasteiger partial charge in [0.2, 0.25) is 11.8 Å². The van der Waals surface area contributed by atoms with Crippen molar-refractivity contribution in [1.82, 2.24) is 19.7 Å². The highest BCUT2D eigenvalue weighted by Crippen LogP contribution is 2.33. The predicted molar refractivity (Wildman–Crippen MR) is 106 cm³/mol. The third-order valence-corrected chi connectivity index (χ3v) is 5.59. The fourth-order valence-corrected chi connectivity index (χ4v) is 3.97. The quantitative estimate of drug-likeness (QED) is 0.796. The maximum Gasteiger partial charge on any atom is 0.236 e. The van der Waals surface area contributed by atoms with E-state index in [-0.39, 0.29) is 17.9 Å². The van der Waals surface area contributed by atoms with Gasteiger partial charge in [0.25, 0.3) is 0 Å². The molecule has 1 aromatic heterocycles. The van der Waals surface area contributed by atoms with Gasteiger partial charge in [-0.1, -0.05) is 0 Å². The molecule has 0 saturated carbocycles. The number of carbonyl (C=O) groups is 2. The third-order valence-electron chi connectivity index (χ3n) is 5.59. The van der Waals surface area contributed by atoms with Crippen LogP contribution in [0.25, 0.3) is 0 Å². The summed E-state index contributed by atoms with van der Waals surface area (Å²) in [5.41, 5.74) is 3.23. The lowest BCUT2D eigenvalue weighted by Gasteiger charge is -2.36. The fraction of sp³-hybridized carbons (Fsp3) is 0.650. The molecule has 27 heavy (non-hydrogen) atoms. The molecule has 7 heteroatoms. The summed E-state index contributed by atoms with van der Waals surface area (Å²) < 4.78 is 0. The van der Waals surface area contributed by atoms with Crippen molar-refractivity contribution in [2.24, 2.45) is 0 Å². The third kappa shape index (κ3) is 4.58. The van der Waals surface area contributed by atoms with Gasteiger partial charge in [0.1, 0.15) is 0 Å². The summed E-state index contributed by atoms with van der Waals surface area (Å²) in [6.07, 6.45) is 2.13. The summed E-state index contributed by atoms with van der Waals surface area (Å²) in [6, 6.07) is 4.50. The molecule has 1 atom stereocenters. The lowest BCUT2D eigenvalue weighted by molar-refractivity contribution is -0.130. The number of carbonyl (C=O) groups excluding carboxylic acids is 2. The van der Waals surface area contributed by atoms with Crippen LogP contribution in [-0.4, -0.2) is 84.9 Å². The van der Waals surface area contributed by atoms with Crippen LogP contribution in [-0.2, 0) is 9.59 Å². The Morgan fingerprint density at radius 3 is 2.48 bits per heavy atom. The number of hydrogen-bond acceptors (Lipinski definition) is 5. The van der Waals surface area contributed by atoms with Gasteiger partial charge in [-0.05, 0) is 38.4 Å². The monoisotopic (exact) mass is 373 g/mol. The second-order valence-corrected chi connectivity index (χ2v) is 7.80. The second-order valence-electron chi connectivity index (χ2n) is 7.80. The molecule has 2 fully saturated rings. The molecule has 2 aliphatic heterocycles. The smallest absolute Gasteiger partial charge is 0.236 e. The summed E-state index contributed by atoms with van der Waals surface area (Å²) in [4.78, 5) is 36.7. The first-order valence-electron chi connectivity index (χ1n) is 9.78. The zero-order valence-corrected chi connectivity index (χ0v) is 16.9. The van der Waals surface area contributed by atoms with Crippen LogP contribution in [0.3, 0.4) is 0 Å². The van der Waals surface area contributed by atoms with E-state index in [2.05, 4.69) is 21.9 Å². The van der Waals surface area contributed by atoms with Crippen molar-refractivity contribution in [3.63, 3.8) is 0 Å². The standard InChI is InChI=1S/C20H31N5O2/c1-15-12-17(24-10-8-23(9-11-24)16(2)26)13-18(21-15)19-6-5-7-25(19)14-20(27)22(3)4/h12-13,19H,5-11,14H2,1-4H3/t19-/m1/s1. The number of likely N-dealkylation sites (tertiary alicyclic amines) is 1. The Labute approximate surface area is 161 Å². The van der Waals surface area contributed by atoms with Crippen LogP contribution in [0.5, 0.6) is 0 Å². The van der Waals surface area contributed by atoms with Gasteiger partial charge in [-0.25, -0.2) is 0 Å². The van der Waals surface area contributed by atoms with Crippen LogP contribution >= 0.6 is 0 Å². The molecule has 0 unspecified atom stereocenters. The van der Waals surface area contributed by atoms with Crippen LogP contribution in [0, 0.1) is 6.92 Å². The number of rotatable bonds is 4. The van der Waals surface area contributed by atoms with Crippen LogP contribution < -0.4 is 4.90 Å².